The number of morpholine rings is 1. The summed E-state index contributed by atoms with van der Waals surface area (Å²) in [5.74, 6) is 0. The lowest BCUT2D eigenvalue weighted by Gasteiger charge is -2.26. The van der Waals surface area contributed by atoms with Crippen molar-refractivity contribution in [1.29, 1.82) is 0 Å². The van der Waals surface area contributed by atoms with Gasteiger partial charge < -0.3 is 4.74 Å². The minimum Gasteiger partial charge on any atom is -0.379 e. The molecule has 3 N–H and O–H groups in total. The van der Waals surface area contributed by atoms with E-state index in [0.717, 1.165) is 13.1 Å². The molecule has 10 heteroatoms. The van der Waals surface area contributed by atoms with Crippen LogP contribution in [0.15, 0.2) is 34.1 Å². The SMILES string of the molecule is NS(=O)(=O)c1ccc(S(=O)(=O)NCCN2CCOCC2)cc1. The van der Waals surface area contributed by atoms with Crippen molar-refractivity contribution < 1.29 is 21.6 Å². The zero-order valence-electron chi connectivity index (χ0n) is 11.9. The second kappa shape index (κ2) is 7.02. The zero-order chi connectivity index (χ0) is 16.2. The van der Waals surface area contributed by atoms with Crippen LogP contribution in [0.2, 0.25) is 0 Å². The molecule has 22 heavy (non-hydrogen) atoms. The van der Waals surface area contributed by atoms with Crippen LogP contribution in [-0.4, -0.2) is 61.1 Å². The molecular formula is C12H19N3O5S2. The molecule has 124 valence electrons. The lowest BCUT2D eigenvalue weighted by Crippen LogP contribution is -2.41. The number of primary sulfonamides is 1. The molecule has 0 bridgehead atoms. The van der Waals surface area contributed by atoms with Gasteiger partial charge in [-0.15, -0.1) is 0 Å². The Morgan fingerprint density at radius 3 is 2.14 bits per heavy atom. The zero-order valence-corrected chi connectivity index (χ0v) is 13.6. The molecule has 2 rings (SSSR count). The van der Waals surface area contributed by atoms with Crippen molar-refractivity contribution in [2.75, 3.05) is 39.4 Å². The van der Waals surface area contributed by atoms with Gasteiger partial charge in [-0.2, -0.15) is 0 Å². The van der Waals surface area contributed by atoms with Gasteiger partial charge in [-0.1, -0.05) is 0 Å². The Morgan fingerprint density at radius 1 is 1.05 bits per heavy atom. The molecule has 0 aromatic heterocycles. The molecule has 1 aromatic rings. The first-order valence-electron chi connectivity index (χ1n) is 6.72. The summed E-state index contributed by atoms with van der Waals surface area (Å²) in [6, 6.07) is 4.78. The van der Waals surface area contributed by atoms with E-state index in [2.05, 4.69) is 9.62 Å². The van der Waals surface area contributed by atoms with Gasteiger partial charge in [0.1, 0.15) is 0 Å². The number of sulfonamides is 2. The van der Waals surface area contributed by atoms with E-state index in [-0.39, 0.29) is 16.3 Å². The molecule has 0 radical (unpaired) electrons. The van der Waals surface area contributed by atoms with Gasteiger partial charge in [0.05, 0.1) is 23.0 Å². The number of hydrogen-bond donors (Lipinski definition) is 2. The highest BCUT2D eigenvalue weighted by Gasteiger charge is 2.16. The summed E-state index contributed by atoms with van der Waals surface area (Å²) in [5.41, 5.74) is 0. The third kappa shape index (κ3) is 4.73. The number of nitrogens with two attached hydrogens (primary N) is 1. The van der Waals surface area contributed by atoms with Crippen LogP contribution >= 0.6 is 0 Å². The van der Waals surface area contributed by atoms with Gasteiger partial charge in [0.15, 0.2) is 0 Å². The molecule has 0 spiro atoms. The van der Waals surface area contributed by atoms with E-state index in [0.29, 0.717) is 19.8 Å². The fourth-order valence-corrected chi connectivity index (χ4v) is 3.59. The Hall–Kier alpha value is -1.04. The van der Waals surface area contributed by atoms with Crippen LogP contribution in [0.25, 0.3) is 0 Å². The van der Waals surface area contributed by atoms with Crippen LogP contribution in [0.4, 0.5) is 0 Å². The number of nitrogens with one attached hydrogen (secondary N) is 1. The van der Waals surface area contributed by atoms with Crippen molar-refractivity contribution in [3.63, 3.8) is 0 Å². The number of ether oxygens (including phenoxy) is 1. The molecule has 0 unspecified atom stereocenters. The van der Waals surface area contributed by atoms with Gasteiger partial charge in [0, 0.05) is 26.2 Å². The standard InChI is InChI=1S/C12H19N3O5S2/c13-21(16,17)11-1-3-12(4-2-11)22(18,19)14-5-6-15-7-9-20-10-8-15/h1-4,14H,5-10H2,(H2,13,16,17). The van der Waals surface area contributed by atoms with Gasteiger partial charge >= 0.3 is 0 Å². The summed E-state index contributed by atoms with van der Waals surface area (Å²) < 4.78 is 54.2. The molecule has 8 nitrogen and oxygen atoms in total. The van der Waals surface area contributed by atoms with E-state index < -0.39 is 20.0 Å². The molecular weight excluding hydrogens is 330 g/mol. The van der Waals surface area contributed by atoms with E-state index in [4.69, 9.17) is 9.88 Å². The van der Waals surface area contributed by atoms with E-state index in [1.807, 2.05) is 0 Å². The van der Waals surface area contributed by atoms with E-state index in [9.17, 15) is 16.8 Å². The van der Waals surface area contributed by atoms with Crippen LogP contribution in [0.1, 0.15) is 0 Å². The first-order valence-corrected chi connectivity index (χ1v) is 9.75. The first-order chi connectivity index (χ1) is 10.3. The molecule has 1 aliphatic rings. The van der Waals surface area contributed by atoms with Crippen molar-refractivity contribution in [2.24, 2.45) is 5.14 Å². The maximum atomic E-state index is 12.1. The molecule has 1 aliphatic heterocycles. The molecule has 0 atom stereocenters. The van der Waals surface area contributed by atoms with Gasteiger partial charge in [-0.25, -0.2) is 26.7 Å². The van der Waals surface area contributed by atoms with Crippen LogP contribution in [0.5, 0.6) is 0 Å². The Balaban J connectivity index is 1.95. The second-order valence-corrected chi connectivity index (χ2v) is 8.20. The normalized spacial score (nSPS) is 17.5. The van der Waals surface area contributed by atoms with Gasteiger partial charge in [-0.05, 0) is 24.3 Å². The summed E-state index contributed by atoms with van der Waals surface area (Å²) >= 11 is 0. The van der Waals surface area contributed by atoms with Crippen LogP contribution < -0.4 is 9.86 Å². The Morgan fingerprint density at radius 2 is 1.59 bits per heavy atom. The average molecular weight is 349 g/mol. The molecule has 1 fully saturated rings. The van der Waals surface area contributed by atoms with E-state index in [1.54, 1.807) is 0 Å². The van der Waals surface area contributed by atoms with E-state index >= 15 is 0 Å². The predicted molar refractivity (Wildman–Crippen MR) is 80.3 cm³/mol. The highest BCUT2D eigenvalue weighted by Crippen LogP contribution is 2.13. The Labute approximate surface area is 130 Å². The summed E-state index contributed by atoms with van der Waals surface area (Å²) in [5, 5.41) is 4.97. The summed E-state index contributed by atoms with van der Waals surface area (Å²) in [6.45, 7) is 3.75. The smallest absolute Gasteiger partial charge is 0.240 e. The number of hydrogen-bond acceptors (Lipinski definition) is 6. The van der Waals surface area contributed by atoms with Gasteiger partial charge in [0.2, 0.25) is 20.0 Å². The maximum absolute atomic E-state index is 12.1. The largest absolute Gasteiger partial charge is 0.379 e. The minimum absolute atomic E-state index is 0.00174. The highest BCUT2D eigenvalue weighted by molar-refractivity contribution is 7.89. The van der Waals surface area contributed by atoms with Crippen LogP contribution in [-0.2, 0) is 24.8 Å². The van der Waals surface area contributed by atoms with Crippen LogP contribution in [0.3, 0.4) is 0 Å². The number of benzene rings is 1. The monoisotopic (exact) mass is 349 g/mol. The lowest BCUT2D eigenvalue weighted by atomic mass is 10.4. The van der Waals surface area contributed by atoms with Crippen molar-refractivity contribution >= 4 is 20.0 Å². The predicted octanol–water partition coefficient (Wildman–Crippen LogP) is -1.06. The fraction of sp³-hybridized carbons (Fsp3) is 0.500. The Bertz CT molecular complexity index is 695. The fourth-order valence-electron chi connectivity index (χ4n) is 2.05. The maximum Gasteiger partial charge on any atom is 0.240 e. The first kappa shape index (κ1) is 17.3. The molecule has 1 saturated heterocycles. The third-order valence-electron chi connectivity index (χ3n) is 3.29. The summed E-state index contributed by atoms with van der Waals surface area (Å²) in [7, 11) is -7.50. The second-order valence-electron chi connectivity index (χ2n) is 4.87. The van der Waals surface area contributed by atoms with Crippen molar-refractivity contribution in [1.82, 2.24) is 9.62 Å². The highest BCUT2D eigenvalue weighted by atomic mass is 32.2. The molecule has 0 saturated carbocycles. The quantitative estimate of drug-likeness (QED) is 0.676. The minimum atomic E-state index is -3.83. The molecule has 0 amide bonds. The van der Waals surface area contributed by atoms with E-state index in [1.165, 1.54) is 24.3 Å². The van der Waals surface area contributed by atoms with Crippen molar-refractivity contribution in [3.8, 4) is 0 Å². The summed E-state index contributed by atoms with van der Waals surface area (Å²) in [4.78, 5) is 1.98. The third-order valence-corrected chi connectivity index (χ3v) is 5.69. The molecule has 0 aliphatic carbocycles. The molecule has 1 heterocycles. The number of rotatable bonds is 6. The average Bonchev–Trinajstić information content (AvgIpc) is 2.47. The van der Waals surface area contributed by atoms with Crippen LogP contribution in [0, 0.1) is 0 Å². The molecule has 1 aromatic carbocycles. The van der Waals surface area contributed by atoms with Gasteiger partial charge in [0.25, 0.3) is 0 Å². The summed E-state index contributed by atoms with van der Waals surface area (Å²) in [6.07, 6.45) is 0. The topological polar surface area (TPSA) is 119 Å². The number of nitrogens with zero attached hydrogens (tertiary/aromatic N) is 1. The Kier molecular flexibility index (Phi) is 5.53. The lowest BCUT2D eigenvalue weighted by molar-refractivity contribution is 0.0390. The van der Waals surface area contributed by atoms with Crippen molar-refractivity contribution in [2.45, 2.75) is 9.79 Å². The van der Waals surface area contributed by atoms with Crippen molar-refractivity contribution in [3.05, 3.63) is 24.3 Å². The van der Waals surface area contributed by atoms with Gasteiger partial charge in [-0.3, -0.25) is 4.90 Å².